The Morgan fingerprint density at radius 2 is 2.00 bits per heavy atom. The van der Waals surface area contributed by atoms with Crippen molar-refractivity contribution in [3.05, 3.63) is 70.2 Å². The van der Waals surface area contributed by atoms with E-state index >= 15 is 0 Å². The normalized spacial score (nSPS) is 12.5. The number of thiophene rings is 1. The van der Waals surface area contributed by atoms with Crippen LogP contribution < -0.4 is 5.32 Å². The molecule has 0 aliphatic heterocycles. The van der Waals surface area contributed by atoms with Gasteiger partial charge in [-0.15, -0.1) is 0 Å². The summed E-state index contributed by atoms with van der Waals surface area (Å²) in [5, 5.41) is 12.5. The summed E-state index contributed by atoms with van der Waals surface area (Å²) in [5.41, 5.74) is 4.92. The Balaban J connectivity index is 2.06. The van der Waals surface area contributed by atoms with Gasteiger partial charge in [0.15, 0.2) is 0 Å². The second kappa shape index (κ2) is 6.24. The van der Waals surface area contributed by atoms with E-state index in [1.54, 1.807) is 11.3 Å². The molecule has 1 N–H and O–H groups in total. The zero-order valence-corrected chi connectivity index (χ0v) is 13.1. The van der Waals surface area contributed by atoms with Gasteiger partial charge in [-0.2, -0.15) is 16.4 Å². The highest BCUT2D eigenvalue weighted by atomic mass is 32.1. The molecule has 21 heavy (non-hydrogen) atoms. The zero-order valence-electron chi connectivity index (χ0n) is 12.3. The van der Waals surface area contributed by atoms with Crippen LogP contribution in [0.3, 0.4) is 0 Å². The van der Waals surface area contributed by atoms with Crippen molar-refractivity contribution in [1.29, 1.82) is 0 Å². The predicted molar refractivity (Wildman–Crippen MR) is 88.1 cm³/mol. The lowest BCUT2D eigenvalue weighted by Crippen LogP contribution is -2.24. The molecule has 0 radical (unpaired) electrons. The van der Waals surface area contributed by atoms with Gasteiger partial charge in [0.2, 0.25) is 0 Å². The highest BCUT2D eigenvalue weighted by molar-refractivity contribution is 7.08. The molecule has 0 amide bonds. The molecule has 3 rings (SSSR count). The first kappa shape index (κ1) is 14.0. The van der Waals surface area contributed by atoms with Crippen molar-refractivity contribution >= 4 is 11.3 Å². The summed E-state index contributed by atoms with van der Waals surface area (Å²) < 4.78 is 2.02. The van der Waals surface area contributed by atoms with Gasteiger partial charge < -0.3 is 5.32 Å². The number of hydrogen-bond acceptors (Lipinski definition) is 3. The van der Waals surface area contributed by atoms with Crippen LogP contribution in [0, 0.1) is 6.92 Å². The molecule has 1 aromatic carbocycles. The summed E-state index contributed by atoms with van der Waals surface area (Å²) in [6, 6.07) is 12.5. The van der Waals surface area contributed by atoms with Crippen LogP contribution in [-0.2, 0) is 0 Å². The molecular formula is C17H19N3S. The summed E-state index contributed by atoms with van der Waals surface area (Å²) >= 11 is 1.75. The minimum atomic E-state index is 0.170. The van der Waals surface area contributed by atoms with E-state index in [2.05, 4.69) is 53.2 Å². The van der Waals surface area contributed by atoms with Crippen molar-refractivity contribution in [2.75, 3.05) is 6.54 Å². The standard InChI is InChI=1S/C17H19N3S/c1-3-18-17(15-12-21-11-13(15)2)16-9-10-19-20(16)14-7-5-4-6-8-14/h4-12,17-18H,3H2,1-2H3. The quantitative estimate of drug-likeness (QED) is 0.773. The molecule has 4 heteroatoms. The first-order valence-electron chi connectivity index (χ1n) is 7.16. The van der Waals surface area contributed by atoms with Crippen molar-refractivity contribution < 1.29 is 0 Å². The lowest BCUT2D eigenvalue weighted by molar-refractivity contribution is 0.593. The largest absolute Gasteiger partial charge is 0.305 e. The van der Waals surface area contributed by atoms with Gasteiger partial charge in [0.25, 0.3) is 0 Å². The number of benzene rings is 1. The van der Waals surface area contributed by atoms with E-state index in [4.69, 9.17) is 0 Å². The Kier molecular flexibility index (Phi) is 4.18. The van der Waals surface area contributed by atoms with Gasteiger partial charge in [-0.25, -0.2) is 4.68 Å². The number of nitrogens with zero attached hydrogens (tertiary/aromatic N) is 2. The summed E-state index contributed by atoms with van der Waals surface area (Å²) in [4.78, 5) is 0. The number of nitrogens with one attached hydrogen (secondary N) is 1. The van der Waals surface area contributed by atoms with Crippen LogP contribution in [0.1, 0.15) is 29.8 Å². The Morgan fingerprint density at radius 1 is 1.19 bits per heavy atom. The average molecular weight is 297 g/mol. The second-order valence-corrected chi connectivity index (χ2v) is 5.75. The van der Waals surface area contributed by atoms with Gasteiger partial charge in [-0.05, 0) is 53.6 Å². The summed E-state index contributed by atoms with van der Waals surface area (Å²) in [6.07, 6.45) is 1.87. The first-order valence-corrected chi connectivity index (χ1v) is 8.11. The molecule has 0 fully saturated rings. The van der Waals surface area contributed by atoms with Crippen molar-refractivity contribution in [2.45, 2.75) is 19.9 Å². The first-order chi connectivity index (χ1) is 10.3. The number of para-hydroxylation sites is 1. The average Bonchev–Trinajstić information content (AvgIpc) is 3.15. The molecule has 0 saturated heterocycles. The molecule has 3 aromatic rings. The van der Waals surface area contributed by atoms with E-state index < -0.39 is 0 Å². The monoisotopic (exact) mass is 297 g/mol. The predicted octanol–water partition coefficient (Wildman–Crippen LogP) is 3.94. The van der Waals surface area contributed by atoms with Crippen molar-refractivity contribution in [2.24, 2.45) is 0 Å². The molecule has 0 bridgehead atoms. The van der Waals surface area contributed by atoms with E-state index in [1.807, 2.05) is 29.1 Å². The molecule has 1 unspecified atom stereocenters. The molecule has 0 aliphatic rings. The van der Waals surface area contributed by atoms with Crippen LogP contribution in [0.4, 0.5) is 0 Å². The van der Waals surface area contributed by atoms with Crippen LogP contribution in [0.25, 0.3) is 5.69 Å². The maximum absolute atomic E-state index is 4.51. The zero-order chi connectivity index (χ0) is 14.7. The highest BCUT2D eigenvalue weighted by Gasteiger charge is 2.20. The van der Waals surface area contributed by atoms with Gasteiger partial charge in [0.1, 0.15) is 0 Å². The molecular weight excluding hydrogens is 278 g/mol. The highest BCUT2D eigenvalue weighted by Crippen LogP contribution is 2.28. The number of hydrogen-bond donors (Lipinski definition) is 1. The lowest BCUT2D eigenvalue weighted by Gasteiger charge is -2.20. The van der Waals surface area contributed by atoms with Crippen LogP contribution in [-0.4, -0.2) is 16.3 Å². The summed E-state index contributed by atoms with van der Waals surface area (Å²) in [5.74, 6) is 0. The third-order valence-electron chi connectivity index (χ3n) is 3.58. The van der Waals surface area contributed by atoms with Crippen molar-refractivity contribution in [3.63, 3.8) is 0 Å². The van der Waals surface area contributed by atoms with Crippen LogP contribution in [0.5, 0.6) is 0 Å². The van der Waals surface area contributed by atoms with Gasteiger partial charge in [-0.3, -0.25) is 0 Å². The van der Waals surface area contributed by atoms with E-state index in [0.29, 0.717) is 0 Å². The van der Waals surface area contributed by atoms with Crippen LogP contribution in [0.2, 0.25) is 0 Å². The smallest absolute Gasteiger partial charge is 0.0763 e. The Labute approximate surface area is 129 Å². The second-order valence-electron chi connectivity index (χ2n) is 5.00. The molecule has 0 aliphatic carbocycles. The molecule has 0 spiro atoms. The SMILES string of the molecule is CCNC(c1cscc1C)c1ccnn1-c1ccccc1. The van der Waals surface area contributed by atoms with Crippen molar-refractivity contribution in [1.82, 2.24) is 15.1 Å². The lowest BCUT2D eigenvalue weighted by atomic mass is 10.0. The molecule has 2 aromatic heterocycles. The van der Waals surface area contributed by atoms with Gasteiger partial charge >= 0.3 is 0 Å². The van der Waals surface area contributed by atoms with E-state index in [0.717, 1.165) is 12.2 Å². The minimum absolute atomic E-state index is 0.170. The van der Waals surface area contributed by atoms with Gasteiger partial charge in [-0.1, -0.05) is 25.1 Å². The molecule has 3 nitrogen and oxygen atoms in total. The Morgan fingerprint density at radius 3 is 2.67 bits per heavy atom. The van der Waals surface area contributed by atoms with Crippen LogP contribution in [0.15, 0.2) is 53.4 Å². The fourth-order valence-corrected chi connectivity index (χ4v) is 3.44. The van der Waals surface area contributed by atoms with E-state index in [1.165, 1.54) is 16.8 Å². The molecule has 108 valence electrons. The van der Waals surface area contributed by atoms with E-state index in [-0.39, 0.29) is 6.04 Å². The van der Waals surface area contributed by atoms with Gasteiger partial charge in [0, 0.05) is 6.20 Å². The van der Waals surface area contributed by atoms with E-state index in [9.17, 15) is 0 Å². The topological polar surface area (TPSA) is 29.9 Å². The fourth-order valence-electron chi connectivity index (χ4n) is 2.56. The molecule has 0 saturated carbocycles. The minimum Gasteiger partial charge on any atom is -0.305 e. The molecule has 2 heterocycles. The number of aromatic nitrogens is 2. The molecule has 1 atom stereocenters. The third kappa shape index (κ3) is 2.77. The van der Waals surface area contributed by atoms with Crippen LogP contribution >= 0.6 is 11.3 Å². The maximum atomic E-state index is 4.51. The van der Waals surface area contributed by atoms with Crippen molar-refractivity contribution in [3.8, 4) is 5.69 Å². The maximum Gasteiger partial charge on any atom is 0.0763 e. The third-order valence-corrected chi connectivity index (χ3v) is 4.46. The Bertz CT molecular complexity index is 700. The Hall–Kier alpha value is -1.91. The number of rotatable bonds is 5. The summed E-state index contributed by atoms with van der Waals surface area (Å²) in [6.45, 7) is 5.22. The number of aryl methyl sites for hydroxylation is 1. The van der Waals surface area contributed by atoms with Gasteiger partial charge in [0.05, 0.1) is 17.4 Å². The summed E-state index contributed by atoms with van der Waals surface area (Å²) in [7, 11) is 0. The fraction of sp³-hybridized carbons (Fsp3) is 0.235.